The van der Waals surface area contributed by atoms with E-state index in [2.05, 4.69) is 63.3 Å². The van der Waals surface area contributed by atoms with Crippen LogP contribution in [0.3, 0.4) is 0 Å². The van der Waals surface area contributed by atoms with E-state index in [1.807, 2.05) is 36.7 Å². The Balaban J connectivity index is 1.47. The van der Waals surface area contributed by atoms with Gasteiger partial charge >= 0.3 is 0 Å². The van der Waals surface area contributed by atoms with Crippen LogP contribution in [0.25, 0.3) is 0 Å². The molecule has 1 saturated carbocycles. The molecule has 156 valence electrons. The van der Waals surface area contributed by atoms with E-state index in [4.69, 9.17) is 4.99 Å². The van der Waals surface area contributed by atoms with E-state index in [0.717, 1.165) is 24.2 Å². The molecule has 0 atom stereocenters. The van der Waals surface area contributed by atoms with E-state index in [0.29, 0.717) is 13.1 Å². The van der Waals surface area contributed by atoms with Crippen LogP contribution in [0.1, 0.15) is 42.0 Å². The van der Waals surface area contributed by atoms with Gasteiger partial charge in [0.05, 0.1) is 13.1 Å². The van der Waals surface area contributed by atoms with Gasteiger partial charge in [-0.2, -0.15) is 0 Å². The molecule has 1 fully saturated rings. The van der Waals surface area contributed by atoms with Crippen LogP contribution in [0.5, 0.6) is 0 Å². The summed E-state index contributed by atoms with van der Waals surface area (Å²) in [5, 5.41) is 15.5. The Labute approximate surface area is 178 Å². The Kier molecular flexibility index (Phi) is 6.12. The Morgan fingerprint density at radius 1 is 1.00 bits per heavy atom. The summed E-state index contributed by atoms with van der Waals surface area (Å²) in [5.74, 6) is 2.60. The Morgan fingerprint density at radius 2 is 1.70 bits per heavy atom. The Bertz CT molecular complexity index is 973. The molecule has 4 rings (SSSR count). The highest BCUT2D eigenvalue weighted by atomic mass is 15.3. The van der Waals surface area contributed by atoms with Crippen LogP contribution in [-0.4, -0.2) is 27.3 Å². The van der Waals surface area contributed by atoms with E-state index in [-0.39, 0.29) is 5.41 Å². The molecule has 1 aliphatic carbocycles. The van der Waals surface area contributed by atoms with E-state index in [9.17, 15) is 0 Å². The topological polar surface area (TPSA) is 67.1 Å². The molecule has 1 aromatic heterocycles. The van der Waals surface area contributed by atoms with Gasteiger partial charge in [-0.05, 0) is 30.9 Å². The van der Waals surface area contributed by atoms with Crippen LogP contribution < -0.4 is 10.6 Å². The van der Waals surface area contributed by atoms with Crippen molar-refractivity contribution in [1.82, 2.24) is 25.4 Å². The van der Waals surface area contributed by atoms with Gasteiger partial charge in [0.15, 0.2) is 11.8 Å². The first-order valence-corrected chi connectivity index (χ1v) is 10.6. The largest absolute Gasteiger partial charge is 0.355 e. The molecule has 0 spiro atoms. The fourth-order valence-electron chi connectivity index (χ4n) is 3.91. The van der Waals surface area contributed by atoms with Crippen LogP contribution in [0.2, 0.25) is 0 Å². The predicted molar refractivity (Wildman–Crippen MR) is 120 cm³/mol. The molecule has 0 amide bonds. The minimum atomic E-state index is 0.192. The number of hydrogen-bond donors (Lipinski definition) is 2. The van der Waals surface area contributed by atoms with Gasteiger partial charge in [0.25, 0.3) is 0 Å². The van der Waals surface area contributed by atoms with Gasteiger partial charge in [-0.1, -0.05) is 67.1 Å². The summed E-state index contributed by atoms with van der Waals surface area (Å²) in [6.45, 7) is 4.04. The van der Waals surface area contributed by atoms with Crippen molar-refractivity contribution in [2.45, 2.75) is 44.7 Å². The highest BCUT2D eigenvalue weighted by Crippen LogP contribution is 2.43. The lowest BCUT2D eigenvalue weighted by Crippen LogP contribution is -2.48. The van der Waals surface area contributed by atoms with Crippen LogP contribution in [0.15, 0.2) is 65.7 Å². The van der Waals surface area contributed by atoms with Crippen molar-refractivity contribution in [3.8, 4) is 0 Å². The molecule has 0 radical (unpaired) electrons. The third kappa shape index (κ3) is 4.53. The Morgan fingerprint density at radius 3 is 2.30 bits per heavy atom. The maximum atomic E-state index is 4.84. The lowest BCUT2D eigenvalue weighted by atomic mass is 9.64. The minimum absolute atomic E-state index is 0.192. The first kappa shape index (κ1) is 20.1. The minimum Gasteiger partial charge on any atom is -0.355 e. The quantitative estimate of drug-likeness (QED) is 0.469. The van der Waals surface area contributed by atoms with Gasteiger partial charge in [-0.25, -0.2) is 4.99 Å². The summed E-state index contributed by atoms with van der Waals surface area (Å²) < 4.78 is 2.00. The fraction of sp³-hybridized carbons (Fsp3) is 0.375. The monoisotopic (exact) mass is 402 g/mol. The van der Waals surface area contributed by atoms with Crippen LogP contribution in [0.4, 0.5) is 0 Å². The van der Waals surface area contributed by atoms with E-state index in [1.165, 1.54) is 30.4 Å². The van der Waals surface area contributed by atoms with Crippen molar-refractivity contribution in [2.75, 3.05) is 6.54 Å². The van der Waals surface area contributed by atoms with Crippen molar-refractivity contribution >= 4 is 5.96 Å². The summed E-state index contributed by atoms with van der Waals surface area (Å²) in [7, 11) is 1.99. The summed E-state index contributed by atoms with van der Waals surface area (Å²) in [6.07, 6.45) is 3.69. The zero-order valence-electron chi connectivity index (χ0n) is 17.8. The zero-order chi connectivity index (χ0) is 20.8. The molecule has 0 unspecified atom stereocenters. The molecule has 2 N–H and O–H groups in total. The smallest absolute Gasteiger partial charge is 0.192 e. The molecular weight excluding hydrogens is 372 g/mol. The third-order valence-corrected chi connectivity index (χ3v) is 6.15. The van der Waals surface area contributed by atoms with Crippen molar-refractivity contribution in [2.24, 2.45) is 12.0 Å². The second kappa shape index (κ2) is 9.11. The highest BCUT2D eigenvalue weighted by Gasteiger charge is 2.38. The molecule has 1 aliphatic rings. The van der Waals surface area contributed by atoms with E-state index in [1.54, 1.807) is 0 Å². The van der Waals surface area contributed by atoms with Gasteiger partial charge in [-0.15, -0.1) is 10.2 Å². The fourth-order valence-corrected chi connectivity index (χ4v) is 3.91. The SMILES string of the molecule is Cc1nnc(CNC(=NCc2ccccc2)NCC2(c3ccccc3)CCC2)n1C. The molecule has 6 nitrogen and oxygen atoms in total. The highest BCUT2D eigenvalue weighted by molar-refractivity contribution is 5.79. The third-order valence-electron chi connectivity index (χ3n) is 6.15. The standard InChI is InChI=1S/C24H30N6/c1-19-28-29-22(30(19)2)17-26-23(25-16-20-10-5-3-6-11-20)27-18-24(14-9-15-24)21-12-7-4-8-13-21/h3-8,10-13H,9,14-18H2,1-2H3,(H2,25,26,27). The lowest BCUT2D eigenvalue weighted by Gasteiger charge is -2.43. The molecule has 3 aromatic rings. The number of benzene rings is 2. The first-order chi connectivity index (χ1) is 14.7. The van der Waals surface area contributed by atoms with Gasteiger partial charge in [0, 0.05) is 19.0 Å². The second-order valence-corrected chi connectivity index (χ2v) is 8.08. The van der Waals surface area contributed by atoms with Crippen LogP contribution in [-0.2, 0) is 25.6 Å². The van der Waals surface area contributed by atoms with Gasteiger partial charge in [0.1, 0.15) is 5.82 Å². The molecule has 0 bridgehead atoms. The number of aromatic nitrogens is 3. The number of nitrogens with one attached hydrogen (secondary N) is 2. The lowest BCUT2D eigenvalue weighted by molar-refractivity contribution is 0.243. The summed E-state index contributed by atoms with van der Waals surface area (Å²) in [4.78, 5) is 4.84. The summed E-state index contributed by atoms with van der Waals surface area (Å²) in [6, 6.07) is 21.2. The molecule has 2 aromatic carbocycles. The average Bonchev–Trinajstić information content (AvgIpc) is 3.08. The predicted octanol–water partition coefficient (Wildman–Crippen LogP) is 3.48. The van der Waals surface area contributed by atoms with Gasteiger partial charge < -0.3 is 15.2 Å². The molecule has 1 heterocycles. The van der Waals surface area contributed by atoms with Crippen molar-refractivity contribution in [3.05, 3.63) is 83.4 Å². The number of aliphatic imine (C=N–C) groups is 1. The number of rotatable bonds is 7. The number of aryl methyl sites for hydroxylation is 1. The number of hydrogen-bond acceptors (Lipinski definition) is 3. The number of nitrogens with zero attached hydrogens (tertiary/aromatic N) is 4. The van der Waals surface area contributed by atoms with Crippen molar-refractivity contribution in [1.29, 1.82) is 0 Å². The summed E-state index contributed by atoms with van der Waals surface area (Å²) >= 11 is 0. The maximum Gasteiger partial charge on any atom is 0.192 e. The van der Waals surface area contributed by atoms with Crippen molar-refractivity contribution in [3.63, 3.8) is 0 Å². The van der Waals surface area contributed by atoms with E-state index < -0.39 is 0 Å². The molecule has 30 heavy (non-hydrogen) atoms. The second-order valence-electron chi connectivity index (χ2n) is 8.08. The van der Waals surface area contributed by atoms with Crippen LogP contribution in [0, 0.1) is 6.92 Å². The maximum absolute atomic E-state index is 4.84. The molecule has 0 aliphatic heterocycles. The zero-order valence-corrected chi connectivity index (χ0v) is 17.8. The average molecular weight is 403 g/mol. The van der Waals surface area contributed by atoms with Crippen molar-refractivity contribution < 1.29 is 0 Å². The molecular formula is C24H30N6. The van der Waals surface area contributed by atoms with Gasteiger partial charge in [0.2, 0.25) is 0 Å². The first-order valence-electron chi connectivity index (χ1n) is 10.6. The molecule has 6 heteroatoms. The molecule has 0 saturated heterocycles. The van der Waals surface area contributed by atoms with Gasteiger partial charge in [-0.3, -0.25) is 0 Å². The number of guanidine groups is 1. The normalized spacial score (nSPS) is 15.5. The Hall–Kier alpha value is -3.15. The summed E-state index contributed by atoms with van der Waals surface area (Å²) in [5.41, 5.74) is 2.79. The van der Waals surface area contributed by atoms with Crippen LogP contribution >= 0.6 is 0 Å². The van der Waals surface area contributed by atoms with E-state index >= 15 is 0 Å².